The molecule has 5 nitrogen and oxygen atoms in total. The van der Waals surface area contributed by atoms with Crippen molar-refractivity contribution in [3.63, 3.8) is 0 Å². The second kappa shape index (κ2) is 6.56. The summed E-state index contributed by atoms with van der Waals surface area (Å²) in [6, 6.07) is -0.165. The van der Waals surface area contributed by atoms with Gasteiger partial charge in [-0.15, -0.1) is 0 Å². The molecule has 0 saturated heterocycles. The first-order valence-corrected chi connectivity index (χ1v) is 9.14. The maximum absolute atomic E-state index is 11.2. The minimum absolute atomic E-state index is 0.0513. The van der Waals surface area contributed by atoms with E-state index < -0.39 is 19.7 Å². The van der Waals surface area contributed by atoms with E-state index in [0.717, 1.165) is 0 Å². The molecule has 0 spiro atoms. The third-order valence-corrected chi connectivity index (χ3v) is 5.16. The van der Waals surface area contributed by atoms with Gasteiger partial charge >= 0.3 is 0 Å². The molecule has 0 saturated carbocycles. The van der Waals surface area contributed by atoms with Crippen LogP contribution in [0.1, 0.15) is 19.8 Å². The lowest BCUT2D eigenvalue weighted by Gasteiger charge is -2.14. The van der Waals surface area contributed by atoms with Gasteiger partial charge in [-0.05, 0) is 19.9 Å². The van der Waals surface area contributed by atoms with Crippen molar-refractivity contribution in [3.8, 4) is 0 Å². The zero-order valence-electron chi connectivity index (χ0n) is 10.1. The van der Waals surface area contributed by atoms with Gasteiger partial charge in [0.05, 0.1) is 11.5 Å². The van der Waals surface area contributed by atoms with Crippen LogP contribution in [0.5, 0.6) is 0 Å². The van der Waals surface area contributed by atoms with Gasteiger partial charge in [-0.1, -0.05) is 6.92 Å². The Morgan fingerprint density at radius 2 is 1.75 bits per heavy atom. The van der Waals surface area contributed by atoms with Gasteiger partial charge in [-0.25, -0.2) is 16.8 Å². The van der Waals surface area contributed by atoms with Crippen molar-refractivity contribution in [1.29, 1.82) is 0 Å². The Morgan fingerprint density at radius 1 is 1.19 bits per heavy atom. The van der Waals surface area contributed by atoms with Crippen molar-refractivity contribution in [2.75, 3.05) is 30.6 Å². The zero-order chi connectivity index (χ0) is 12.8. The third-order valence-electron chi connectivity index (χ3n) is 2.36. The highest BCUT2D eigenvalue weighted by atomic mass is 32.2. The Bertz CT molecular complexity index is 386. The molecule has 0 radical (unpaired) electrons. The summed E-state index contributed by atoms with van der Waals surface area (Å²) in [6.45, 7) is 1.61. The Hall–Kier alpha value is -0.140. The summed E-state index contributed by atoms with van der Waals surface area (Å²) < 4.78 is 44.5. The Kier molecular flexibility index (Phi) is 6.50. The van der Waals surface area contributed by atoms with Gasteiger partial charge in [0.2, 0.25) is 0 Å². The number of hydrogen-bond acceptors (Lipinski definition) is 5. The maximum Gasteiger partial charge on any atom is 0.150 e. The standard InChI is InChI=1S/C9H21NO4S2/c1-4-16(13,14)7-5-6-9(10-2)8-15(3,11)12/h9-10H,4-8H2,1-3H3. The van der Waals surface area contributed by atoms with Crippen LogP contribution in [-0.2, 0) is 19.7 Å². The highest BCUT2D eigenvalue weighted by Gasteiger charge is 2.15. The van der Waals surface area contributed by atoms with Crippen LogP contribution < -0.4 is 5.32 Å². The summed E-state index contributed by atoms with van der Waals surface area (Å²) in [7, 11) is -4.28. The van der Waals surface area contributed by atoms with E-state index >= 15 is 0 Å². The Balaban J connectivity index is 4.08. The monoisotopic (exact) mass is 271 g/mol. The first kappa shape index (κ1) is 15.9. The molecule has 0 aliphatic heterocycles. The van der Waals surface area contributed by atoms with E-state index in [9.17, 15) is 16.8 Å². The van der Waals surface area contributed by atoms with E-state index in [1.165, 1.54) is 6.26 Å². The van der Waals surface area contributed by atoms with Gasteiger partial charge in [-0.2, -0.15) is 0 Å². The van der Waals surface area contributed by atoms with Crippen molar-refractivity contribution in [2.45, 2.75) is 25.8 Å². The van der Waals surface area contributed by atoms with Crippen LogP contribution in [0.15, 0.2) is 0 Å². The molecule has 1 atom stereocenters. The van der Waals surface area contributed by atoms with E-state index in [1.54, 1.807) is 14.0 Å². The summed E-state index contributed by atoms with van der Waals surface area (Å²) in [5.74, 6) is 0.324. The third kappa shape index (κ3) is 8.06. The van der Waals surface area contributed by atoms with E-state index in [2.05, 4.69) is 5.32 Å². The van der Waals surface area contributed by atoms with E-state index in [-0.39, 0.29) is 23.3 Å². The second-order valence-electron chi connectivity index (χ2n) is 3.96. The number of nitrogens with one attached hydrogen (secondary N) is 1. The Labute approximate surface area is 98.5 Å². The minimum atomic E-state index is -3.02. The smallest absolute Gasteiger partial charge is 0.150 e. The molecule has 0 bridgehead atoms. The van der Waals surface area contributed by atoms with Gasteiger partial charge in [-0.3, -0.25) is 0 Å². The minimum Gasteiger partial charge on any atom is -0.316 e. The molecule has 0 amide bonds. The van der Waals surface area contributed by atoms with Gasteiger partial charge in [0.15, 0.2) is 0 Å². The first-order chi connectivity index (χ1) is 7.20. The molecule has 98 valence electrons. The van der Waals surface area contributed by atoms with Crippen LogP contribution in [0.25, 0.3) is 0 Å². The zero-order valence-corrected chi connectivity index (χ0v) is 11.7. The van der Waals surface area contributed by atoms with Crippen molar-refractivity contribution in [3.05, 3.63) is 0 Å². The highest BCUT2D eigenvalue weighted by Crippen LogP contribution is 2.03. The van der Waals surface area contributed by atoms with E-state index in [1.807, 2.05) is 0 Å². The predicted molar refractivity (Wildman–Crippen MR) is 66.1 cm³/mol. The number of sulfone groups is 2. The van der Waals surface area contributed by atoms with Crippen LogP contribution in [0.4, 0.5) is 0 Å². The lowest BCUT2D eigenvalue weighted by molar-refractivity contribution is 0.535. The SMILES string of the molecule is CCS(=O)(=O)CCCC(CS(C)(=O)=O)NC. The molecule has 0 aromatic carbocycles. The van der Waals surface area contributed by atoms with Crippen LogP contribution in [-0.4, -0.2) is 53.4 Å². The predicted octanol–water partition coefficient (Wildman–Crippen LogP) is -0.166. The summed E-state index contributed by atoms with van der Waals surface area (Å²) in [5.41, 5.74) is 0. The Morgan fingerprint density at radius 3 is 2.12 bits per heavy atom. The molecule has 16 heavy (non-hydrogen) atoms. The van der Waals surface area contributed by atoms with E-state index in [4.69, 9.17) is 0 Å². The van der Waals surface area contributed by atoms with E-state index in [0.29, 0.717) is 12.8 Å². The largest absolute Gasteiger partial charge is 0.316 e. The molecule has 0 aliphatic carbocycles. The number of hydrogen-bond donors (Lipinski definition) is 1. The molecule has 1 N–H and O–H groups in total. The first-order valence-electron chi connectivity index (χ1n) is 5.25. The summed E-state index contributed by atoms with van der Waals surface area (Å²) in [6.07, 6.45) is 2.24. The lowest BCUT2D eigenvalue weighted by Crippen LogP contribution is -2.33. The topological polar surface area (TPSA) is 80.3 Å². The fraction of sp³-hybridized carbons (Fsp3) is 1.00. The fourth-order valence-corrected chi connectivity index (χ4v) is 3.33. The normalized spacial score (nSPS) is 14.9. The van der Waals surface area contributed by atoms with Crippen molar-refractivity contribution < 1.29 is 16.8 Å². The number of rotatable bonds is 8. The maximum atomic E-state index is 11.2. The molecule has 1 unspecified atom stereocenters. The lowest BCUT2D eigenvalue weighted by atomic mass is 10.2. The van der Waals surface area contributed by atoms with Crippen molar-refractivity contribution >= 4 is 19.7 Å². The summed E-state index contributed by atoms with van der Waals surface area (Å²) in [5, 5.41) is 2.89. The van der Waals surface area contributed by atoms with Crippen LogP contribution in [0.2, 0.25) is 0 Å². The molecule has 0 fully saturated rings. The van der Waals surface area contributed by atoms with Gasteiger partial charge in [0, 0.05) is 18.1 Å². The molecule has 0 aromatic heterocycles. The molecule has 0 rings (SSSR count). The molecular formula is C9H21NO4S2. The quantitative estimate of drug-likeness (QED) is 0.663. The molecule has 0 aromatic rings. The average molecular weight is 271 g/mol. The van der Waals surface area contributed by atoms with Crippen molar-refractivity contribution in [2.24, 2.45) is 0 Å². The van der Waals surface area contributed by atoms with Gasteiger partial charge < -0.3 is 5.32 Å². The molecule has 0 aliphatic rings. The van der Waals surface area contributed by atoms with Gasteiger partial charge in [0.25, 0.3) is 0 Å². The molecular weight excluding hydrogens is 250 g/mol. The van der Waals surface area contributed by atoms with Crippen LogP contribution >= 0.6 is 0 Å². The van der Waals surface area contributed by atoms with Crippen LogP contribution in [0.3, 0.4) is 0 Å². The van der Waals surface area contributed by atoms with Gasteiger partial charge in [0.1, 0.15) is 19.7 Å². The van der Waals surface area contributed by atoms with Crippen molar-refractivity contribution in [1.82, 2.24) is 5.32 Å². The highest BCUT2D eigenvalue weighted by molar-refractivity contribution is 7.91. The second-order valence-corrected chi connectivity index (χ2v) is 8.61. The van der Waals surface area contributed by atoms with Crippen LogP contribution in [0, 0.1) is 0 Å². The summed E-state index contributed by atoms with van der Waals surface area (Å²) in [4.78, 5) is 0. The molecule has 7 heteroatoms. The summed E-state index contributed by atoms with van der Waals surface area (Å²) >= 11 is 0. The average Bonchev–Trinajstić information content (AvgIpc) is 2.14. The molecule has 0 heterocycles. The fourth-order valence-electron chi connectivity index (χ4n) is 1.37.